The van der Waals surface area contributed by atoms with Gasteiger partial charge >= 0.3 is 0 Å². The van der Waals surface area contributed by atoms with Gasteiger partial charge in [-0.2, -0.15) is 0 Å². The number of aryl methyl sites for hydroxylation is 2. The maximum atomic E-state index is 13.7. The van der Waals surface area contributed by atoms with E-state index in [0.717, 1.165) is 66.6 Å². The summed E-state index contributed by atoms with van der Waals surface area (Å²) in [4.78, 5) is 37.0. The Hall–Kier alpha value is -6.92. The first-order valence-electron chi connectivity index (χ1n) is 17.6. The Kier molecular flexibility index (Phi) is 9.01. The van der Waals surface area contributed by atoms with Crippen molar-refractivity contribution in [3.8, 4) is 22.5 Å². The van der Waals surface area contributed by atoms with Crippen LogP contribution in [0.5, 0.6) is 0 Å². The van der Waals surface area contributed by atoms with Gasteiger partial charge in [0.1, 0.15) is 0 Å². The van der Waals surface area contributed by atoms with E-state index < -0.39 is 0 Å². The van der Waals surface area contributed by atoms with Gasteiger partial charge in [0.05, 0.1) is 33.5 Å². The van der Waals surface area contributed by atoms with Crippen molar-refractivity contribution in [3.05, 3.63) is 191 Å². The molecular weight excluding hydrogens is 653 g/mol. The molecule has 2 amide bonds. The molecule has 2 heterocycles. The third-order valence-corrected chi connectivity index (χ3v) is 9.60. The fourth-order valence-electron chi connectivity index (χ4n) is 6.77. The number of hydrogen-bond donors (Lipinski definition) is 2. The summed E-state index contributed by atoms with van der Waals surface area (Å²) in [6.07, 6.45) is 0.700. The van der Waals surface area contributed by atoms with E-state index in [9.17, 15) is 9.59 Å². The van der Waals surface area contributed by atoms with Crippen LogP contribution in [-0.2, 0) is 6.42 Å². The molecule has 8 rings (SSSR count). The molecule has 0 atom stereocenters. The highest BCUT2D eigenvalue weighted by molar-refractivity contribution is 6.14. The molecular formula is C47H36N4O2. The second kappa shape index (κ2) is 14.4. The summed E-state index contributed by atoms with van der Waals surface area (Å²) in [6, 6.07) is 51.2. The molecule has 6 heteroatoms. The number of aromatic nitrogens is 2. The van der Waals surface area contributed by atoms with E-state index in [4.69, 9.17) is 9.97 Å². The molecule has 2 aromatic heterocycles. The van der Waals surface area contributed by atoms with E-state index in [1.54, 1.807) is 0 Å². The third-order valence-electron chi connectivity index (χ3n) is 9.60. The Balaban J connectivity index is 0.955. The number of hydrogen-bond acceptors (Lipinski definition) is 4. The van der Waals surface area contributed by atoms with E-state index >= 15 is 0 Å². The smallest absolute Gasteiger partial charge is 0.256 e. The maximum Gasteiger partial charge on any atom is 0.256 e. The van der Waals surface area contributed by atoms with Gasteiger partial charge in [-0.25, -0.2) is 9.97 Å². The third kappa shape index (κ3) is 7.03. The first-order valence-corrected chi connectivity index (χ1v) is 17.6. The lowest BCUT2D eigenvalue weighted by molar-refractivity contribution is 0.102. The lowest BCUT2D eigenvalue weighted by atomic mass is 10.0. The van der Waals surface area contributed by atoms with Crippen LogP contribution >= 0.6 is 0 Å². The number of pyridine rings is 2. The van der Waals surface area contributed by atoms with Crippen molar-refractivity contribution in [2.45, 2.75) is 20.3 Å². The quantitative estimate of drug-likeness (QED) is 0.166. The fourth-order valence-corrected chi connectivity index (χ4v) is 6.77. The lowest BCUT2D eigenvalue weighted by Crippen LogP contribution is -2.13. The molecule has 2 N–H and O–H groups in total. The second-order valence-electron chi connectivity index (χ2n) is 13.3. The predicted molar refractivity (Wildman–Crippen MR) is 215 cm³/mol. The van der Waals surface area contributed by atoms with Crippen molar-refractivity contribution in [3.63, 3.8) is 0 Å². The number of amides is 2. The maximum absolute atomic E-state index is 13.7. The number of carbonyl (C=O) groups is 2. The summed E-state index contributed by atoms with van der Waals surface area (Å²) < 4.78 is 0. The predicted octanol–water partition coefficient (Wildman–Crippen LogP) is 10.8. The van der Waals surface area contributed by atoms with E-state index in [1.807, 2.05) is 172 Å². The molecule has 0 aliphatic heterocycles. The minimum Gasteiger partial charge on any atom is -0.322 e. The molecule has 53 heavy (non-hydrogen) atoms. The summed E-state index contributed by atoms with van der Waals surface area (Å²) in [5.74, 6) is -0.370. The topological polar surface area (TPSA) is 84.0 Å². The highest BCUT2D eigenvalue weighted by atomic mass is 16.2. The van der Waals surface area contributed by atoms with E-state index in [-0.39, 0.29) is 11.8 Å². The summed E-state index contributed by atoms with van der Waals surface area (Å²) in [5, 5.41) is 7.79. The van der Waals surface area contributed by atoms with E-state index in [1.165, 1.54) is 0 Å². The summed E-state index contributed by atoms with van der Waals surface area (Å²) in [7, 11) is 0. The van der Waals surface area contributed by atoms with Gasteiger partial charge in [-0.15, -0.1) is 0 Å². The van der Waals surface area contributed by atoms with Gasteiger partial charge < -0.3 is 10.6 Å². The van der Waals surface area contributed by atoms with Crippen molar-refractivity contribution in [2.24, 2.45) is 0 Å². The Bertz CT molecular complexity index is 2460. The summed E-state index contributed by atoms with van der Waals surface area (Å²) >= 11 is 0. The van der Waals surface area contributed by atoms with Crippen molar-refractivity contribution >= 4 is 45.0 Å². The number of nitrogens with zero attached hydrogens (tertiary/aromatic N) is 2. The number of anilines is 2. The number of fused-ring (bicyclic) bond motifs is 2. The molecule has 8 aromatic rings. The Morgan fingerprint density at radius 2 is 0.849 bits per heavy atom. The van der Waals surface area contributed by atoms with Crippen LogP contribution in [0.15, 0.2) is 158 Å². The van der Waals surface area contributed by atoms with Gasteiger partial charge in [0, 0.05) is 33.3 Å². The van der Waals surface area contributed by atoms with Crippen molar-refractivity contribution in [1.29, 1.82) is 0 Å². The van der Waals surface area contributed by atoms with Crippen LogP contribution in [0, 0.1) is 13.8 Å². The molecule has 0 unspecified atom stereocenters. The van der Waals surface area contributed by atoms with E-state index in [2.05, 4.69) is 10.6 Å². The Morgan fingerprint density at radius 3 is 1.26 bits per heavy atom. The van der Waals surface area contributed by atoms with Crippen molar-refractivity contribution < 1.29 is 9.59 Å². The number of para-hydroxylation sites is 2. The minimum atomic E-state index is -0.185. The molecule has 6 aromatic carbocycles. The van der Waals surface area contributed by atoms with Crippen LogP contribution < -0.4 is 10.6 Å². The zero-order valence-electron chi connectivity index (χ0n) is 29.4. The van der Waals surface area contributed by atoms with Gasteiger partial charge in [0.2, 0.25) is 0 Å². The first-order chi connectivity index (χ1) is 25.9. The molecule has 0 aliphatic rings. The number of rotatable bonds is 8. The monoisotopic (exact) mass is 688 g/mol. The van der Waals surface area contributed by atoms with Crippen molar-refractivity contribution in [2.75, 3.05) is 10.6 Å². The summed E-state index contributed by atoms with van der Waals surface area (Å²) in [5.41, 5.74) is 12.1. The molecule has 6 nitrogen and oxygen atoms in total. The molecule has 0 bridgehead atoms. The number of benzene rings is 6. The van der Waals surface area contributed by atoms with Gasteiger partial charge in [0.25, 0.3) is 11.8 Å². The minimum absolute atomic E-state index is 0.185. The van der Waals surface area contributed by atoms with Crippen LogP contribution in [0.4, 0.5) is 11.4 Å². The highest BCUT2D eigenvalue weighted by Gasteiger charge is 2.17. The molecule has 0 radical (unpaired) electrons. The molecule has 0 fully saturated rings. The summed E-state index contributed by atoms with van der Waals surface area (Å²) in [6.45, 7) is 4.10. The molecule has 0 aliphatic carbocycles. The largest absolute Gasteiger partial charge is 0.322 e. The van der Waals surface area contributed by atoms with Crippen LogP contribution in [-0.4, -0.2) is 21.8 Å². The average molecular weight is 689 g/mol. The average Bonchev–Trinajstić information content (AvgIpc) is 3.19. The molecule has 0 saturated heterocycles. The van der Waals surface area contributed by atoms with Crippen molar-refractivity contribution in [1.82, 2.24) is 9.97 Å². The standard InChI is InChI=1S/C47H36N4O2/c1-30-11-3-5-13-36(30)44-28-40(38-15-7-9-17-42(38)50-44)46(52)48-34-23-19-32(20-24-34)27-33-21-25-35(26-22-33)49-47(53)41-29-45(37-14-6-4-12-31(37)2)51-43-18-10-8-16-39(41)43/h3-26,28-29H,27H2,1-2H3,(H,48,52)(H,49,53). The molecule has 0 saturated carbocycles. The number of nitrogens with one attached hydrogen (secondary N) is 2. The lowest BCUT2D eigenvalue weighted by Gasteiger charge is -2.13. The Morgan fingerprint density at radius 1 is 0.472 bits per heavy atom. The molecule has 0 spiro atoms. The van der Waals surface area contributed by atoms with Gasteiger partial charge in [-0.3, -0.25) is 9.59 Å². The van der Waals surface area contributed by atoms with Gasteiger partial charge in [-0.05, 0) is 91.1 Å². The normalized spacial score (nSPS) is 11.1. The van der Waals surface area contributed by atoms with E-state index in [0.29, 0.717) is 28.9 Å². The Labute approximate surface area is 308 Å². The molecule has 256 valence electrons. The van der Waals surface area contributed by atoms with Crippen LogP contribution in [0.25, 0.3) is 44.3 Å². The zero-order chi connectivity index (χ0) is 36.3. The van der Waals surface area contributed by atoms with Crippen LogP contribution in [0.3, 0.4) is 0 Å². The van der Waals surface area contributed by atoms with Crippen LogP contribution in [0.1, 0.15) is 43.0 Å². The second-order valence-corrected chi connectivity index (χ2v) is 13.3. The first kappa shape index (κ1) is 33.2. The van der Waals surface area contributed by atoms with Crippen LogP contribution in [0.2, 0.25) is 0 Å². The fraction of sp³-hybridized carbons (Fsp3) is 0.0638. The zero-order valence-corrected chi connectivity index (χ0v) is 29.4. The van der Waals surface area contributed by atoms with Gasteiger partial charge in [0.15, 0.2) is 0 Å². The number of carbonyl (C=O) groups excluding carboxylic acids is 2. The van der Waals surface area contributed by atoms with Gasteiger partial charge in [-0.1, -0.05) is 109 Å². The highest BCUT2D eigenvalue weighted by Crippen LogP contribution is 2.29. The SMILES string of the molecule is Cc1ccccc1-c1cc(C(=O)Nc2ccc(Cc3ccc(NC(=O)c4cc(-c5ccccc5C)nc5ccccc45)cc3)cc2)c2ccccc2n1.